The van der Waals surface area contributed by atoms with Gasteiger partial charge in [0.05, 0.1) is 0 Å². The number of Topliss-reactive ketones (excluding diaryl/α,β-unsaturated/α-hetero) is 1. The number of carbonyl (C=O) groups is 1. The Balaban J connectivity index is 3.29. The van der Waals surface area contributed by atoms with E-state index in [0.717, 1.165) is 0 Å². The highest BCUT2D eigenvalue weighted by molar-refractivity contribution is 5.98. The van der Waals surface area contributed by atoms with Gasteiger partial charge in [-0.15, -0.1) is 0 Å². The molecule has 0 aliphatic heterocycles. The van der Waals surface area contributed by atoms with E-state index < -0.39 is 6.43 Å². The van der Waals surface area contributed by atoms with Crippen LogP contribution in [0.5, 0.6) is 0 Å². The van der Waals surface area contributed by atoms with Gasteiger partial charge < -0.3 is 0 Å². The molecule has 0 spiro atoms. The van der Waals surface area contributed by atoms with Gasteiger partial charge in [0.2, 0.25) is 0 Å². The summed E-state index contributed by atoms with van der Waals surface area (Å²) in [6, 6.07) is 4.53. The first-order valence-electron chi connectivity index (χ1n) is 4.48. The first kappa shape index (κ1) is 10.8. The largest absolute Gasteiger partial charge is 0.294 e. The molecule has 0 atom stereocenters. The van der Waals surface area contributed by atoms with E-state index in [-0.39, 0.29) is 23.3 Å². The number of aryl methyl sites for hydroxylation is 1. The van der Waals surface area contributed by atoms with Crippen molar-refractivity contribution in [2.75, 3.05) is 0 Å². The molecule has 0 unspecified atom stereocenters. The van der Waals surface area contributed by atoms with Crippen LogP contribution in [0.15, 0.2) is 18.2 Å². The van der Waals surface area contributed by atoms with Gasteiger partial charge in [-0.05, 0) is 12.5 Å². The Morgan fingerprint density at radius 2 is 2.07 bits per heavy atom. The maximum Gasteiger partial charge on any atom is 0.264 e. The summed E-state index contributed by atoms with van der Waals surface area (Å²) in [5, 5.41) is 0. The van der Waals surface area contributed by atoms with Crippen LogP contribution in [0.2, 0.25) is 0 Å². The van der Waals surface area contributed by atoms with E-state index in [0.29, 0.717) is 5.56 Å². The molecule has 0 aliphatic carbocycles. The van der Waals surface area contributed by atoms with Crippen LogP contribution in [0.4, 0.5) is 8.78 Å². The van der Waals surface area contributed by atoms with Gasteiger partial charge in [-0.3, -0.25) is 4.79 Å². The minimum Gasteiger partial charge on any atom is -0.294 e. The average Bonchev–Trinajstić information content (AvgIpc) is 2.16. The third-order valence-corrected chi connectivity index (χ3v) is 2.14. The lowest BCUT2D eigenvalue weighted by Gasteiger charge is -2.09. The lowest BCUT2D eigenvalue weighted by molar-refractivity contribution is 0.0973. The highest BCUT2D eigenvalue weighted by Gasteiger charge is 2.18. The fourth-order valence-corrected chi connectivity index (χ4v) is 1.43. The molecule has 1 rings (SSSR count). The number of hydrogen-bond donors (Lipinski definition) is 0. The molecule has 0 radical (unpaired) electrons. The second-order valence-electron chi connectivity index (χ2n) is 3.12. The molecule has 0 bridgehead atoms. The van der Waals surface area contributed by atoms with Crippen LogP contribution in [0.1, 0.15) is 41.3 Å². The smallest absolute Gasteiger partial charge is 0.264 e. The van der Waals surface area contributed by atoms with E-state index in [9.17, 15) is 13.6 Å². The Hall–Kier alpha value is -1.25. The fraction of sp³-hybridized carbons (Fsp3) is 0.364. The third-order valence-electron chi connectivity index (χ3n) is 2.14. The summed E-state index contributed by atoms with van der Waals surface area (Å²) in [5.41, 5.74) is 0.650. The fourth-order valence-electron chi connectivity index (χ4n) is 1.43. The van der Waals surface area contributed by atoms with Crippen molar-refractivity contribution in [3.8, 4) is 0 Å². The Kier molecular flexibility index (Phi) is 3.33. The second-order valence-corrected chi connectivity index (χ2v) is 3.12. The zero-order valence-corrected chi connectivity index (χ0v) is 8.18. The van der Waals surface area contributed by atoms with Gasteiger partial charge in [0, 0.05) is 17.5 Å². The van der Waals surface area contributed by atoms with Gasteiger partial charge in [0.25, 0.3) is 6.43 Å². The Labute approximate surface area is 81.7 Å². The molecule has 1 aromatic rings. The summed E-state index contributed by atoms with van der Waals surface area (Å²) in [4.78, 5) is 11.4. The van der Waals surface area contributed by atoms with Crippen molar-refractivity contribution in [3.63, 3.8) is 0 Å². The van der Waals surface area contributed by atoms with Crippen molar-refractivity contribution in [2.24, 2.45) is 0 Å². The van der Waals surface area contributed by atoms with Crippen LogP contribution < -0.4 is 0 Å². The number of halogens is 2. The van der Waals surface area contributed by atoms with Gasteiger partial charge in [-0.1, -0.05) is 25.1 Å². The SMILES string of the molecule is CCC(=O)c1c(C)cccc1C(F)F. The number of carbonyl (C=O) groups excluding carboxylic acids is 1. The summed E-state index contributed by atoms with van der Waals surface area (Å²) in [6.45, 7) is 3.35. The number of ketones is 1. The maximum absolute atomic E-state index is 12.6. The predicted molar refractivity (Wildman–Crippen MR) is 50.8 cm³/mol. The van der Waals surface area contributed by atoms with Gasteiger partial charge in [0.1, 0.15) is 0 Å². The Morgan fingerprint density at radius 3 is 2.57 bits per heavy atom. The Bertz CT molecular complexity index is 345. The first-order valence-corrected chi connectivity index (χ1v) is 4.48. The van der Waals surface area contributed by atoms with Crippen molar-refractivity contribution < 1.29 is 13.6 Å². The zero-order valence-electron chi connectivity index (χ0n) is 8.18. The molecule has 76 valence electrons. The normalized spacial score (nSPS) is 10.6. The summed E-state index contributed by atoms with van der Waals surface area (Å²) >= 11 is 0. The van der Waals surface area contributed by atoms with Crippen LogP contribution in [0.3, 0.4) is 0 Å². The molecule has 0 aromatic heterocycles. The van der Waals surface area contributed by atoms with Crippen molar-refractivity contribution >= 4 is 5.78 Å². The molecule has 0 amide bonds. The summed E-state index contributed by atoms with van der Waals surface area (Å²) < 4.78 is 25.1. The molecule has 3 heteroatoms. The molecule has 1 aromatic carbocycles. The minimum atomic E-state index is -2.58. The molecule has 0 heterocycles. The van der Waals surface area contributed by atoms with Crippen LogP contribution in [0.25, 0.3) is 0 Å². The summed E-state index contributed by atoms with van der Waals surface area (Å²) in [5.74, 6) is -0.224. The second kappa shape index (κ2) is 4.31. The molecular formula is C11H12F2O. The van der Waals surface area contributed by atoms with E-state index in [1.54, 1.807) is 26.0 Å². The van der Waals surface area contributed by atoms with Crippen molar-refractivity contribution in [1.82, 2.24) is 0 Å². The molecule has 0 N–H and O–H groups in total. The molecule has 0 saturated carbocycles. The quantitative estimate of drug-likeness (QED) is 0.679. The van der Waals surface area contributed by atoms with E-state index in [4.69, 9.17) is 0 Å². The van der Waals surface area contributed by atoms with Crippen LogP contribution in [-0.2, 0) is 0 Å². The lowest BCUT2D eigenvalue weighted by atomic mass is 9.97. The van der Waals surface area contributed by atoms with Crippen molar-refractivity contribution in [3.05, 3.63) is 34.9 Å². The predicted octanol–water partition coefficient (Wildman–Crippen LogP) is 3.53. The van der Waals surface area contributed by atoms with E-state index in [2.05, 4.69) is 0 Å². The molecule has 0 saturated heterocycles. The number of hydrogen-bond acceptors (Lipinski definition) is 1. The number of alkyl halides is 2. The van der Waals surface area contributed by atoms with Gasteiger partial charge >= 0.3 is 0 Å². The first-order chi connectivity index (χ1) is 6.57. The molecule has 14 heavy (non-hydrogen) atoms. The van der Waals surface area contributed by atoms with E-state index in [1.807, 2.05) is 0 Å². The van der Waals surface area contributed by atoms with E-state index in [1.165, 1.54) is 6.07 Å². The molecule has 1 nitrogen and oxygen atoms in total. The molecular weight excluding hydrogens is 186 g/mol. The number of rotatable bonds is 3. The van der Waals surface area contributed by atoms with Crippen molar-refractivity contribution in [2.45, 2.75) is 26.7 Å². The van der Waals surface area contributed by atoms with Crippen molar-refractivity contribution in [1.29, 1.82) is 0 Å². The Morgan fingerprint density at radius 1 is 1.43 bits per heavy atom. The molecule has 0 aliphatic rings. The highest BCUT2D eigenvalue weighted by Crippen LogP contribution is 2.26. The zero-order chi connectivity index (χ0) is 10.7. The minimum absolute atomic E-state index is 0.156. The van der Waals surface area contributed by atoms with E-state index >= 15 is 0 Å². The van der Waals surface area contributed by atoms with Crippen LogP contribution in [0, 0.1) is 6.92 Å². The topological polar surface area (TPSA) is 17.1 Å². The molecule has 0 fully saturated rings. The van der Waals surface area contributed by atoms with Gasteiger partial charge in [-0.2, -0.15) is 0 Å². The van der Waals surface area contributed by atoms with Gasteiger partial charge in [-0.25, -0.2) is 8.78 Å². The summed E-state index contributed by atoms with van der Waals surface area (Å²) in [6.07, 6.45) is -2.33. The monoisotopic (exact) mass is 198 g/mol. The number of benzene rings is 1. The lowest BCUT2D eigenvalue weighted by Crippen LogP contribution is -2.05. The van der Waals surface area contributed by atoms with Crippen LogP contribution in [-0.4, -0.2) is 5.78 Å². The van der Waals surface area contributed by atoms with Crippen LogP contribution >= 0.6 is 0 Å². The van der Waals surface area contributed by atoms with Gasteiger partial charge in [0.15, 0.2) is 5.78 Å². The maximum atomic E-state index is 12.6. The highest BCUT2D eigenvalue weighted by atomic mass is 19.3. The standard InChI is InChI=1S/C11H12F2O/c1-3-9(14)10-7(2)5-4-6-8(10)11(12)13/h4-6,11H,3H2,1-2H3. The summed E-state index contributed by atoms with van der Waals surface area (Å²) in [7, 11) is 0. The third kappa shape index (κ3) is 1.97. The average molecular weight is 198 g/mol.